The Balaban J connectivity index is 2.00. The molecule has 0 aliphatic heterocycles. The number of aromatic nitrogens is 2. The van der Waals surface area contributed by atoms with Crippen LogP contribution in [0.1, 0.15) is 23.2 Å². The molecule has 142 valence electrons. The lowest BCUT2D eigenvalue weighted by Crippen LogP contribution is -2.00. The number of nitrogens with zero attached hydrogens (tertiary/aromatic N) is 2. The highest BCUT2D eigenvalue weighted by Crippen LogP contribution is 2.36. The number of benzene rings is 1. The van der Waals surface area contributed by atoms with Gasteiger partial charge >= 0.3 is 0 Å². The van der Waals surface area contributed by atoms with Crippen molar-refractivity contribution in [2.45, 2.75) is 27.7 Å². The SMILES string of the molecule is CCOc1cccc(=O)c2c(C)n(-c3nc(-c4ccccc4)c(C)s3)c(C)c12. The van der Waals surface area contributed by atoms with E-state index in [4.69, 9.17) is 9.72 Å². The summed E-state index contributed by atoms with van der Waals surface area (Å²) in [5.74, 6) is 0.732. The first-order valence-electron chi connectivity index (χ1n) is 9.34. The zero-order valence-electron chi connectivity index (χ0n) is 16.4. The predicted octanol–water partition coefficient (Wildman–Crippen LogP) is 5.44. The quantitative estimate of drug-likeness (QED) is 0.466. The van der Waals surface area contributed by atoms with Gasteiger partial charge in [0.15, 0.2) is 10.6 Å². The summed E-state index contributed by atoms with van der Waals surface area (Å²) in [4.78, 5) is 18.8. The lowest BCUT2D eigenvalue weighted by atomic mass is 10.1. The van der Waals surface area contributed by atoms with E-state index < -0.39 is 0 Å². The third kappa shape index (κ3) is 2.92. The van der Waals surface area contributed by atoms with Crippen LogP contribution in [0.3, 0.4) is 0 Å². The molecule has 2 aromatic heterocycles. The van der Waals surface area contributed by atoms with E-state index in [1.165, 1.54) is 0 Å². The molecule has 4 nitrogen and oxygen atoms in total. The van der Waals surface area contributed by atoms with Gasteiger partial charge in [0, 0.05) is 27.2 Å². The molecular formula is C23H22N2O2S. The third-order valence-electron chi connectivity index (χ3n) is 4.96. The van der Waals surface area contributed by atoms with E-state index in [-0.39, 0.29) is 5.43 Å². The van der Waals surface area contributed by atoms with Gasteiger partial charge in [-0.15, -0.1) is 11.3 Å². The Labute approximate surface area is 168 Å². The van der Waals surface area contributed by atoms with Crippen molar-refractivity contribution in [2.24, 2.45) is 0 Å². The fraction of sp³-hybridized carbons (Fsp3) is 0.217. The van der Waals surface area contributed by atoms with Crippen LogP contribution < -0.4 is 10.2 Å². The minimum Gasteiger partial charge on any atom is -0.493 e. The van der Waals surface area contributed by atoms with Crippen LogP contribution >= 0.6 is 11.3 Å². The lowest BCUT2D eigenvalue weighted by Gasteiger charge is -2.06. The fourth-order valence-corrected chi connectivity index (χ4v) is 4.77. The van der Waals surface area contributed by atoms with E-state index in [0.29, 0.717) is 12.0 Å². The lowest BCUT2D eigenvalue weighted by molar-refractivity contribution is 0.344. The Kier molecular flexibility index (Phi) is 4.77. The molecule has 0 saturated carbocycles. The number of aryl methyl sites for hydroxylation is 3. The van der Waals surface area contributed by atoms with Gasteiger partial charge in [-0.3, -0.25) is 9.36 Å². The standard InChI is InChI=1S/C23H22N2O2S/c1-5-27-19-13-9-12-18(26)20-14(2)25(15(3)21(19)20)23-24-22(16(4)28-23)17-10-7-6-8-11-17/h6-13H,5H2,1-4H3. The van der Waals surface area contributed by atoms with Crippen LogP contribution in [0.15, 0.2) is 53.3 Å². The Hall–Kier alpha value is -2.92. The third-order valence-corrected chi connectivity index (χ3v) is 5.91. The van der Waals surface area contributed by atoms with Gasteiger partial charge in [-0.25, -0.2) is 4.98 Å². The summed E-state index contributed by atoms with van der Waals surface area (Å²) in [5.41, 5.74) is 3.94. The topological polar surface area (TPSA) is 44.1 Å². The van der Waals surface area contributed by atoms with Gasteiger partial charge in [0.2, 0.25) is 0 Å². The number of ether oxygens (including phenoxy) is 1. The smallest absolute Gasteiger partial charge is 0.194 e. The summed E-state index contributed by atoms with van der Waals surface area (Å²) in [6.45, 7) is 8.58. The highest BCUT2D eigenvalue weighted by molar-refractivity contribution is 7.14. The molecule has 5 heteroatoms. The number of thiazole rings is 1. The van der Waals surface area contributed by atoms with Gasteiger partial charge in [0.1, 0.15) is 5.75 Å². The average Bonchev–Trinajstić information content (AvgIpc) is 3.12. The van der Waals surface area contributed by atoms with Crippen molar-refractivity contribution in [1.29, 1.82) is 0 Å². The molecule has 0 amide bonds. The second-order valence-corrected chi connectivity index (χ2v) is 7.89. The summed E-state index contributed by atoms with van der Waals surface area (Å²) < 4.78 is 7.93. The first-order chi connectivity index (χ1) is 13.5. The number of hydrogen-bond acceptors (Lipinski definition) is 4. The van der Waals surface area contributed by atoms with Gasteiger partial charge in [-0.05, 0) is 39.8 Å². The van der Waals surface area contributed by atoms with E-state index >= 15 is 0 Å². The van der Waals surface area contributed by atoms with E-state index in [1.807, 2.05) is 45.0 Å². The van der Waals surface area contributed by atoms with Crippen molar-refractivity contribution < 1.29 is 4.74 Å². The molecule has 0 atom stereocenters. The Morgan fingerprint density at radius 2 is 1.68 bits per heavy atom. The molecular weight excluding hydrogens is 368 g/mol. The number of hydrogen-bond donors (Lipinski definition) is 0. The molecule has 0 radical (unpaired) electrons. The molecule has 4 aromatic rings. The number of rotatable bonds is 4. The fourth-order valence-electron chi connectivity index (χ4n) is 3.73. The van der Waals surface area contributed by atoms with Crippen LogP contribution in [0.2, 0.25) is 0 Å². The van der Waals surface area contributed by atoms with Crippen LogP contribution in [0.5, 0.6) is 5.75 Å². The second-order valence-electron chi connectivity index (χ2n) is 6.71. The zero-order chi connectivity index (χ0) is 19.8. The van der Waals surface area contributed by atoms with Gasteiger partial charge < -0.3 is 4.74 Å². The zero-order valence-corrected chi connectivity index (χ0v) is 17.3. The van der Waals surface area contributed by atoms with Crippen molar-refractivity contribution >= 4 is 22.1 Å². The summed E-state index contributed by atoms with van der Waals surface area (Å²) in [7, 11) is 0. The minimum atomic E-state index is -0.00290. The molecule has 0 unspecified atom stereocenters. The van der Waals surface area contributed by atoms with Crippen molar-refractivity contribution in [2.75, 3.05) is 6.61 Å². The van der Waals surface area contributed by atoms with E-state index in [2.05, 4.69) is 23.6 Å². The molecule has 2 aromatic carbocycles. The van der Waals surface area contributed by atoms with Crippen LogP contribution in [-0.4, -0.2) is 16.2 Å². The van der Waals surface area contributed by atoms with Gasteiger partial charge in [-0.2, -0.15) is 0 Å². The van der Waals surface area contributed by atoms with Gasteiger partial charge in [-0.1, -0.05) is 36.4 Å². The van der Waals surface area contributed by atoms with Crippen LogP contribution in [-0.2, 0) is 0 Å². The molecule has 2 heterocycles. The first kappa shape index (κ1) is 18.4. The van der Waals surface area contributed by atoms with Crippen molar-refractivity contribution in [1.82, 2.24) is 9.55 Å². The maximum atomic E-state index is 12.8. The molecule has 0 aliphatic carbocycles. The Morgan fingerprint density at radius 3 is 2.39 bits per heavy atom. The molecule has 0 N–H and O–H groups in total. The maximum absolute atomic E-state index is 12.8. The van der Waals surface area contributed by atoms with Gasteiger partial charge in [0.25, 0.3) is 0 Å². The maximum Gasteiger partial charge on any atom is 0.194 e. The van der Waals surface area contributed by atoms with E-state index in [1.54, 1.807) is 23.5 Å². The molecule has 0 bridgehead atoms. The van der Waals surface area contributed by atoms with Crippen molar-refractivity contribution in [3.05, 3.63) is 75.0 Å². The largest absolute Gasteiger partial charge is 0.493 e. The first-order valence-corrected chi connectivity index (χ1v) is 10.2. The molecule has 28 heavy (non-hydrogen) atoms. The highest BCUT2D eigenvalue weighted by atomic mass is 32.1. The van der Waals surface area contributed by atoms with Gasteiger partial charge in [0.05, 0.1) is 17.7 Å². The monoisotopic (exact) mass is 390 g/mol. The van der Waals surface area contributed by atoms with Crippen LogP contribution in [0, 0.1) is 20.8 Å². The Bertz CT molecular complexity index is 1220. The van der Waals surface area contributed by atoms with Crippen LogP contribution in [0.25, 0.3) is 27.2 Å². The second kappa shape index (κ2) is 7.24. The normalized spacial score (nSPS) is 11.1. The summed E-state index contributed by atoms with van der Waals surface area (Å²) in [6.07, 6.45) is 0. The molecule has 0 saturated heterocycles. The Morgan fingerprint density at radius 1 is 0.964 bits per heavy atom. The van der Waals surface area contributed by atoms with Crippen molar-refractivity contribution in [3.8, 4) is 22.1 Å². The summed E-state index contributed by atoms with van der Waals surface area (Å²) >= 11 is 1.64. The van der Waals surface area contributed by atoms with E-state index in [0.717, 1.165) is 43.8 Å². The molecule has 0 spiro atoms. The minimum absolute atomic E-state index is 0.00290. The van der Waals surface area contributed by atoms with Crippen molar-refractivity contribution in [3.63, 3.8) is 0 Å². The highest BCUT2D eigenvalue weighted by Gasteiger charge is 2.20. The predicted molar refractivity (Wildman–Crippen MR) is 116 cm³/mol. The van der Waals surface area contributed by atoms with E-state index in [9.17, 15) is 4.79 Å². The summed E-state index contributed by atoms with van der Waals surface area (Å²) in [6, 6.07) is 15.4. The number of fused-ring (bicyclic) bond motifs is 1. The van der Waals surface area contributed by atoms with Crippen LogP contribution in [0.4, 0.5) is 0 Å². The molecule has 0 fully saturated rings. The molecule has 0 aliphatic rings. The molecule has 4 rings (SSSR count). The average molecular weight is 391 g/mol. The summed E-state index contributed by atoms with van der Waals surface area (Å²) in [5, 5.41) is 2.43.